The molecule has 0 saturated carbocycles. The second kappa shape index (κ2) is 11.9. The number of aromatic nitrogens is 4. The molecule has 2 amide bonds. The summed E-state index contributed by atoms with van der Waals surface area (Å²) in [5.74, 6) is 1.45. The van der Waals surface area contributed by atoms with Crippen LogP contribution in [0.5, 0.6) is 0 Å². The molecular weight excluding hydrogens is 546 g/mol. The highest BCUT2D eigenvalue weighted by molar-refractivity contribution is 6.34. The first-order valence-corrected chi connectivity index (χ1v) is 11.7. The Morgan fingerprint density at radius 1 is 1.32 bits per heavy atom. The minimum atomic E-state index is -4.74. The van der Waals surface area contributed by atoms with Crippen LogP contribution in [0.1, 0.15) is 33.1 Å². The van der Waals surface area contributed by atoms with Gasteiger partial charge in [-0.05, 0) is 43.6 Å². The number of carbonyl (C=O) groups is 2. The van der Waals surface area contributed by atoms with Gasteiger partial charge in [0, 0.05) is 25.5 Å². The number of nitrogens with zero attached hydrogens (tertiary/aromatic N) is 4. The molecule has 9 nitrogen and oxygen atoms in total. The molecule has 14 heteroatoms. The normalized spacial score (nSPS) is 15.0. The van der Waals surface area contributed by atoms with E-state index in [0.29, 0.717) is 12.5 Å². The van der Waals surface area contributed by atoms with Crippen LogP contribution in [0.2, 0.25) is 5.02 Å². The Kier molecular flexibility index (Phi) is 9.09. The molecule has 0 radical (unpaired) electrons. The quantitative estimate of drug-likeness (QED) is 0.377. The fourth-order valence-electron chi connectivity index (χ4n) is 4.05. The summed E-state index contributed by atoms with van der Waals surface area (Å²) in [6.45, 7) is 2.14. The molecule has 0 spiro atoms. The van der Waals surface area contributed by atoms with Crippen LogP contribution in [-0.4, -0.2) is 50.8 Å². The number of alkyl halides is 3. The van der Waals surface area contributed by atoms with Crippen molar-refractivity contribution in [3.05, 3.63) is 52.7 Å². The van der Waals surface area contributed by atoms with E-state index in [9.17, 15) is 22.8 Å². The van der Waals surface area contributed by atoms with Crippen LogP contribution in [0.3, 0.4) is 0 Å². The smallest absolute Gasteiger partial charge is 0.352 e. The maximum Gasteiger partial charge on any atom is 0.435 e. The van der Waals surface area contributed by atoms with E-state index < -0.39 is 17.8 Å². The lowest BCUT2D eigenvalue weighted by molar-refractivity contribution is -0.141. The number of anilines is 1. The van der Waals surface area contributed by atoms with Crippen LogP contribution < -0.4 is 16.0 Å². The zero-order valence-electron chi connectivity index (χ0n) is 20.1. The van der Waals surface area contributed by atoms with E-state index in [-0.39, 0.29) is 58.2 Å². The maximum atomic E-state index is 13.5. The van der Waals surface area contributed by atoms with Crippen molar-refractivity contribution < 1.29 is 22.8 Å². The molecular formula is C24H24Cl2F3N7O2. The van der Waals surface area contributed by atoms with Gasteiger partial charge in [-0.1, -0.05) is 17.5 Å². The summed E-state index contributed by atoms with van der Waals surface area (Å²) in [4.78, 5) is 29.3. The van der Waals surface area contributed by atoms with E-state index in [1.165, 1.54) is 29.8 Å². The standard InChI is InChI=1S/C24H23ClF3N7O2.ClH/c1-3-8-35-13-17(20(33-35)24(26,27)28)19-12-30-21(34(19)2)23(37)32-15-4-5-16(18(25)9-15)22(36)31-11-14-6-7-29-10-14;/h1,4-5,9,12-14,29H,6-8,10-11H2,2H3,(H,31,36)(H,32,37);1H/t14-;/m1./s1. The number of amides is 2. The van der Waals surface area contributed by atoms with Gasteiger partial charge in [0.15, 0.2) is 11.5 Å². The van der Waals surface area contributed by atoms with Crippen molar-refractivity contribution in [1.82, 2.24) is 30.0 Å². The van der Waals surface area contributed by atoms with E-state index >= 15 is 0 Å². The number of rotatable bonds is 7. The summed E-state index contributed by atoms with van der Waals surface area (Å²) in [5.41, 5.74) is -0.822. The summed E-state index contributed by atoms with van der Waals surface area (Å²) < 4.78 is 42.9. The zero-order chi connectivity index (χ0) is 26.7. The molecule has 1 atom stereocenters. The maximum absolute atomic E-state index is 13.5. The molecule has 1 saturated heterocycles. The van der Waals surface area contributed by atoms with Gasteiger partial charge in [-0.25, -0.2) is 4.98 Å². The number of hydrogen-bond donors (Lipinski definition) is 3. The molecule has 0 aliphatic carbocycles. The number of carbonyl (C=O) groups excluding carboxylic acids is 2. The molecule has 3 heterocycles. The molecule has 0 bridgehead atoms. The van der Waals surface area contributed by atoms with E-state index in [0.717, 1.165) is 36.6 Å². The van der Waals surface area contributed by atoms with Crippen molar-refractivity contribution >= 4 is 41.5 Å². The molecule has 2 aromatic heterocycles. The Morgan fingerprint density at radius 3 is 2.71 bits per heavy atom. The number of terminal acetylenes is 1. The van der Waals surface area contributed by atoms with Crippen molar-refractivity contribution in [2.75, 3.05) is 25.0 Å². The highest BCUT2D eigenvalue weighted by Gasteiger charge is 2.38. The Morgan fingerprint density at radius 2 is 2.08 bits per heavy atom. The fourth-order valence-corrected chi connectivity index (χ4v) is 4.31. The van der Waals surface area contributed by atoms with Crippen LogP contribution in [-0.2, 0) is 19.8 Å². The molecule has 1 fully saturated rings. The summed E-state index contributed by atoms with van der Waals surface area (Å²) in [7, 11) is 1.41. The topological polar surface area (TPSA) is 106 Å². The first-order valence-electron chi connectivity index (χ1n) is 11.3. The summed E-state index contributed by atoms with van der Waals surface area (Å²) in [5, 5.41) is 12.4. The van der Waals surface area contributed by atoms with Crippen molar-refractivity contribution in [2.45, 2.75) is 19.1 Å². The minimum Gasteiger partial charge on any atom is -0.352 e. The van der Waals surface area contributed by atoms with Crippen molar-refractivity contribution in [3.63, 3.8) is 0 Å². The van der Waals surface area contributed by atoms with Crippen LogP contribution in [0.15, 0.2) is 30.6 Å². The highest BCUT2D eigenvalue weighted by atomic mass is 35.5. The molecule has 38 heavy (non-hydrogen) atoms. The zero-order valence-corrected chi connectivity index (χ0v) is 21.7. The number of benzene rings is 1. The van der Waals surface area contributed by atoms with E-state index in [2.05, 4.69) is 32.0 Å². The van der Waals surface area contributed by atoms with Gasteiger partial charge < -0.3 is 20.5 Å². The monoisotopic (exact) mass is 569 g/mol. The van der Waals surface area contributed by atoms with Gasteiger partial charge >= 0.3 is 6.18 Å². The summed E-state index contributed by atoms with van der Waals surface area (Å²) in [6.07, 6.45) is 3.76. The fraction of sp³-hybridized carbons (Fsp3) is 0.333. The van der Waals surface area contributed by atoms with Crippen molar-refractivity contribution in [2.24, 2.45) is 13.0 Å². The lowest BCUT2D eigenvalue weighted by Crippen LogP contribution is -2.30. The lowest BCUT2D eigenvalue weighted by Gasteiger charge is -2.12. The molecule has 3 N–H and O–H groups in total. The third kappa shape index (κ3) is 6.30. The molecule has 1 aromatic carbocycles. The Hall–Kier alpha value is -3.53. The first kappa shape index (κ1) is 29.0. The van der Waals surface area contributed by atoms with Crippen molar-refractivity contribution in [1.29, 1.82) is 0 Å². The second-order valence-electron chi connectivity index (χ2n) is 8.53. The van der Waals surface area contributed by atoms with Crippen molar-refractivity contribution in [3.8, 4) is 23.6 Å². The Balaban J connectivity index is 0.00000400. The molecule has 4 rings (SSSR count). The third-order valence-electron chi connectivity index (χ3n) is 5.94. The number of hydrogen-bond acceptors (Lipinski definition) is 5. The van der Waals surface area contributed by atoms with Gasteiger partial charge in [0.1, 0.15) is 6.54 Å². The van der Waals surface area contributed by atoms with Crippen LogP contribution >= 0.6 is 24.0 Å². The molecule has 0 unspecified atom stereocenters. The van der Waals surface area contributed by atoms with Crippen LogP contribution in [0.25, 0.3) is 11.3 Å². The van der Waals surface area contributed by atoms with Gasteiger partial charge in [0.2, 0.25) is 0 Å². The SMILES string of the molecule is C#CCn1cc(-c2cnc(C(=O)Nc3ccc(C(=O)NC[C@@H]4CCNC4)c(Cl)c3)n2C)c(C(F)(F)F)n1.Cl. The molecule has 202 valence electrons. The third-order valence-corrected chi connectivity index (χ3v) is 6.25. The Bertz CT molecular complexity index is 1370. The predicted molar refractivity (Wildman–Crippen MR) is 138 cm³/mol. The van der Waals surface area contributed by atoms with Gasteiger partial charge in [0.25, 0.3) is 11.8 Å². The second-order valence-corrected chi connectivity index (χ2v) is 8.94. The van der Waals surface area contributed by atoms with E-state index in [4.69, 9.17) is 18.0 Å². The van der Waals surface area contributed by atoms with Gasteiger partial charge in [-0.2, -0.15) is 18.3 Å². The highest BCUT2D eigenvalue weighted by Crippen LogP contribution is 2.36. The van der Waals surface area contributed by atoms with E-state index in [1.54, 1.807) is 0 Å². The average molecular weight is 570 g/mol. The number of halogens is 5. The molecule has 1 aliphatic rings. The minimum absolute atomic E-state index is 0. The first-order chi connectivity index (χ1) is 17.6. The number of imidazole rings is 1. The van der Waals surface area contributed by atoms with Crippen LogP contribution in [0, 0.1) is 18.3 Å². The summed E-state index contributed by atoms with van der Waals surface area (Å²) in [6, 6.07) is 4.41. The predicted octanol–water partition coefficient (Wildman–Crippen LogP) is 3.60. The van der Waals surface area contributed by atoms with Gasteiger partial charge in [-0.15, -0.1) is 18.8 Å². The molecule has 1 aliphatic heterocycles. The van der Waals surface area contributed by atoms with Gasteiger partial charge in [0.05, 0.1) is 28.0 Å². The average Bonchev–Trinajstić information content (AvgIpc) is 3.57. The van der Waals surface area contributed by atoms with Gasteiger partial charge in [-0.3, -0.25) is 14.3 Å². The summed E-state index contributed by atoms with van der Waals surface area (Å²) >= 11 is 6.28. The largest absolute Gasteiger partial charge is 0.435 e. The molecule has 3 aromatic rings. The van der Waals surface area contributed by atoms with E-state index in [1.807, 2.05) is 0 Å². The number of nitrogens with one attached hydrogen (secondary N) is 3. The Labute approximate surface area is 227 Å². The van der Waals surface area contributed by atoms with Crippen LogP contribution in [0.4, 0.5) is 18.9 Å². The lowest BCUT2D eigenvalue weighted by atomic mass is 10.1.